The number of phenols is 1. The summed E-state index contributed by atoms with van der Waals surface area (Å²) in [4.78, 5) is 23.6. The zero-order valence-electron chi connectivity index (χ0n) is 19.0. The number of phenolic OH excluding ortho intramolecular Hbond substituents is 1. The molecule has 2 heterocycles. The van der Waals surface area contributed by atoms with E-state index in [0.717, 1.165) is 32.9 Å². The van der Waals surface area contributed by atoms with E-state index in [1.165, 1.54) is 12.1 Å². The van der Waals surface area contributed by atoms with Crippen LogP contribution in [0.1, 0.15) is 33.4 Å². The first kappa shape index (κ1) is 22.7. The maximum atomic E-state index is 13.9. The predicted molar refractivity (Wildman–Crippen MR) is 137 cm³/mol. The number of hydrogen-bond donors (Lipinski definition) is 2. The van der Waals surface area contributed by atoms with Crippen LogP contribution >= 0.6 is 11.3 Å². The Balaban J connectivity index is 1.55. The van der Waals surface area contributed by atoms with E-state index in [4.69, 9.17) is 10.7 Å². The molecule has 5 nitrogen and oxygen atoms in total. The first-order chi connectivity index (χ1) is 16.9. The Morgan fingerprint density at radius 3 is 2.57 bits per heavy atom. The van der Waals surface area contributed by atoms with E-state index in [-0.39, 0.29) is 11.4 Å². The van der Waals surface area contributed by atoms with Crippen molar-refractivity contribution < 1.29 is 14.3 Å². The maximum absolute atomic E-state index is 13.9. The molecule has 0 saturated heterocycles. The number of nitrogens with zero attached hydrogens (tertiary/aromatic N) is 2. The molecule has 174 valence electrons. The second kappa shape index (κ2) is 9.27. The number of primary amides is 1. The molecule has 0 radical (unpaired) electrons. The standard InChI is InChI=1S/C28H22FN3O2S/c1-2-16-13-17(9-11-23(16)33)24-12-10-21(35-24)15-19-6-4-8-22-25(19)32-26(27(31-22)28(30)34)18-5-3-7-20(29)14-18/h3-14,33H,2,15H2,1H3,(H2,30,34). The third-order valence-corrected chi connectivity index (χ3v) is 7.02. The fraction of sp³-hybridized carbons (Fsp3) is 0.107. The number of carbonyl (C=O) groups excluding carboxylic acids is 1. The van der Waals surface area contributed by atoms with Gasteiger partial charge in [0.05, 0.1) is 11.0 Å². The maximum Gasteiger partial charge on any atom is 0.269 e. The highest BCUT2D eigenvalue weighted by Crippen LogP contribution is 2.33. The lowest BCUT2D eigenvalue weighted by Crippen LogP contribution is -2.16. The van der Waals surface area contributed by atoms with Crippen LogP contribution in [-0.4, -0.2) is 21.0 Å². The quantitative estimate of drug-likeness (QED) is 0.304. The Kier molecular flexibility index (Phi) is 6.01. The summed E-state index contributed by atoms with van der Waals surface area (Å²) in [5.74, 6) is -0.834. The average molecular weight is 484 g/mol. The first-order valence-electron chi connectivity index (χ1n) is 11.2. The SMILES string of the molecule is CCc1cc(-c2ccc(Cc3cccc4nc(C(N)=O)c(-c5cccc(F)c5)nc34)s2)ccc1O. The van der Waals surface area contributed by atoms with Gasteiger partial charge >= 0.3 is 0 Å². The van der Waals surface area contributed by atoms with E-state index in [1.807, 2.05) is 31.2 Å². The molecule has 1 amide bonds. The predicted octanol–water partition coefficient (Wildman–Crippen LogP) is 6.12. The Hall–Kier alpha value is -4.10. The smallest absolute Gasteiger partial charge is 0.269 e. The number of aryl methyl sites for hydroxylation is 1. The molecule has 3 N–H and O–H groups in total. The van der Waals surface area contributed by atoms with Gasteiger partial charge in [-0.05, 0) is 71.6 Å². The van der Waals surface area contributed by atoms with Gasteiger partial charge in [-0.1, -0.05) is 31.2 Å². The summed E-state index contributed by atoms with van der Waals surface area (Å²) >= 11 is 1.67. The van der Waals surface area contributed by atoms with E-state index >= 15 is 0 Å². The van der Waals surface area contributed by atoms with E-state index in [0.29, 0.717) is 28.8 Å². The summed E-state index contributed by atoms with van der Waals surface area (Å²) in [5, 5.41) is 10.00. The number of hydrogen-bond acceptors (Lipinski definition) is 5. The van der Waals surface area contributed by atoms with Gasteiger partial charge in [0.25, 0.3) is 5.91 Å². The first-order valence-corrected chi connectivity index (χ1v) is 12.0. The van der Waals surface area contributed by atoms with Gasteiger partial charge in [-0.2, -0.15) is 0 Å². The summed E-state index contributed by atoms with van der Waals surface area (Å²) in [6, 6.07) is 21.4. The second-order valence-electron chi connectivity index (χ2n) is 8.22. The summed E-state index contributed by atoms with van der Waals surface area (Å²) in [5.41, 5.74) is 10.4. The minimum atomic E-state index is -0.715. The lowest BCUT2D eigenvalue weighted by atomic mass is 10.1. The van der Waals surface area contributed by atoms with Crippen molar-refractivity contribution in [1.29, 1.82) is 0 Å². The van der Waals surface area contributed by atoms with E-state index in [1.54, 1.807) is 35.6 Å². The van der Waals surface area contributed by atoms with Crippen LogP contribution in [0.4, 0.5) is 4.39 Å². The van der Waals surface area contributed by atoms with Crippen molar-refractivity contribution >= 4 is 28.3 Å². The second-order valence-corrected chi connectivity index (χ2v) is 9.39. The molecule has 0 atom stereocenters. The summed E-state index contributed by atoms with van der Waals surface area (Å²) < 4.78 is 13.9. The van der Waals surface area contributed by atoms with Crippen molar-refractivity contribution in [3.05, 3.63) is 100 Å². The van der Waals surface area contributed by atoms with Gasteiger partial charge in [0.15, 0.2) is 5.69 Å². The molecule has 0 fully saturated rings. The Morgan fingerprint density at radius 1 is 0.971 bits per heavy atom. The van der Waals surface area contributed by atoms with E-state index in [2.05, 4.69) is 17.1 Å². The number of amides is 1. The van der Waals surface area contributed by atoms with Gasteiger partial charge in [-0.3, -0.25) is 4.79 Å². The summed E-state index contributed by atoms with van der Waals surface area (Å²) in [6.45, 7) is 2.02. The van der Waals surface area contributed by atoms with Crippen LogP contribution in [0.3, 0.4) is 0 Å². The number of nitrogens with two attached hydrogens (primary N) is 1. The van der Waals surface area contributed by atoms with E-state index < -0.39 is 11.7 Å². The highest BCUT2D eigenvalue weighted by atomic mass is 32.1. The summed E-state index contributed by atoms with van der Waals surface area (Å²) in [6.07, 6.45) is 1.38. The Bertz CT molecular complexity index is 1580. The fourth-order valence-corrected chi connectivity index (χ4v) is 5.15. The number of aromatic nitrogens is 2. The number of fused-ring (bicyclic) bond motifs is 1. The highest BCUT2D eigenvalue weighted by Gasteiger charge is 2.18. The van der Waals surface area contributed by atoms with Crippen LogP contribution in [0.25, 0.3) is 32.7 Å². The molecule has 0 bridgehead atoms. The minimum absolute atomic E-state index is 0.0118. The van der Waals surface area contributed by atoms with Gasteiger partial charge < -0.3 is 10.8 Å². The number of benzene rings is 3. The number of aromatic hydroxyl groups is 1. The molecule has 0 aliphatic carbocycles. The number of halogens is 1. The van der Waals surface area contributed by atoms with Crippen molar-refractivity contribution in [2.24, 2.45) is 5.73 Å². The Labute approximate surface area is 205 Å². The largest absolute Gasteiger partial charge is 0.508 e. The van der Waals surface area contributed by atoms with Crippen molar-refractivity contribution in [2.45, 2.75) is 19.8 Å². The van der Waals surface area contributed by atoms with Crippen LogP contribution in [0.5, 0.6) is 5.75 Å². The topological polar surface area (TPSA) is 89.1 Å². The molecule has 0 aliphatic heterocycles. The van der Waals surface area contributed by atoms with Crippen LogP contribution in [-0.2, 0) is 12.8 Å². The Morgan fingerprint density at radius 2 is 1.80 bits per heavy atom. The van der Waals surface area contributed by atoms with Crippen LogP contribution in [0.15, 0.2) is 72.8 Å². The monoisotopic (exact) mass is 483 g/mol. The van der Waals surface area contributed by atoms with Crippen LogP contribution in [0.2, 0.25) is 0 Å². The fourth-order valence-electron chi connectivity index (χ4n) is 4.12. The third-order valence-electron chi connectivity index (χ3n) is 5.88. The molecule has 0 spiro atoms. The molecule has 0 aliphatic rings. The summed E-state index contributed by atoms with van der Waals surface area (Å²) in [7, 11) is 0. The zero-order chi connectivity index (χ0) is 24.5. The van der Waals surface area contributed by atoms with E-state index in [9.17, 15) is 14.3 Å². The molecular weight excluding hydrogens is 461 g/mol. The molecule has 3 aromatic carbocycles. The number of carbonyl (C=O) groups is 1. The van der Waals surface area contributed by atoms with Gasteiger partial charge in [0.2, 0.25) is 0 Å². The lowest BCUT2D eigenvalue weighted by molar-refractivity contribution is 0.0996. The molecule has 7 heteroatoms. The van der Waals surface area contributed by atoms with Crippen molar-refractivity contribution in [2.75, 3.05) is 0 Å². The van der Waals surface area contributed by atoms with Crippen molar-refractivity contribution in [1.82, 2.24) is 9.97 Å². The molecule has 0 unspecified atom stereocenters. The van der Waals surface area contributed by atoms with Crippen molar-refractivity contribution in [3.8, 4) is 27.4 Å². The number of rotatable bonds is 6. The molecule has 5 aromatic rings. The zero-order valence-corrected chi connectivity index (χ0v) is 19.8. The lowest BCUT2D eigenvalue weighted by Gasteiger charge is -2.10. The van der Waals surface area contributed by atoms with Crippen LogP contribution in [0, 0.1) is 5.82 Å². The molecule has 5 rings (SSSR count). The minimum Gasteiger partial charge on any atom is -0.508 e. The van der Waals surface area contributed by atoms with Gasteiger partial charge in [0.1, 0.15) is 17.3 Å². The molecular formula is C28H22FN3O2S. The van der Waals surface area contributed by atoms with Crippen LogP contribution < -0.4 is 5.73 Å². The average Bonchev–Trinajstić information content (AvgIpc) is 3.32. The highest BCUT2D eigenvalue weighted by molar-refractivity contribution is 7.15. The number of para-hydroxylation sites is 1. The van der Waals surface area contributed by atoms with Gasteiger partial charge in [0, 0.05) is 21.7 Å². The molecule has 0 saturated carbocycles. The third kappa shape index (κ3) is 4.50. The van der Waals surface area contributed by atoms with Gasteiger partial charge in [-0.25, -0.2) is 14.4 Å². The normalized spacial score (nSPS) is 11.1. The van der Waals surface area contributed by atoms with Crippen molar-refractivity contribution in [3.63, 3.8) is 0 Å². The number of thiophene rings is 1. The molecule has 35 heavy (non-hydrogen) atoms. The van der Waals surface area contributed by atoms with Gasteiger partial charge in [-0.15, -0.1) is 11.3 Å². The molecule has 2 aromatic heterocycles.